The van der Waals surface area contributed by atoms with Crippen LogP contribution in [0.3, 0.4) is 0 Å². The number of hydrogen-bond donors (Lipinski definition) is 2. The van der Waals surface area contributed by atoms with Crippen LogP contribution in [-0.4, -0.2) is 22.7 Å². The largest absolute Gasteiger partial charge is 0.385 e. The van der Waals surface area contributed by atoms with E-state index in [0.29, 0.717) is 6.04 Å². The van der Waals surface area contributed by atoms with Crippen molar-refractivity contribution in [2.45, 2.75) is 44.2 Å². The summed E-state index contributed by atoms with van der Waals surface area (Å²) in [5, 5.41) is 15.5. The Morgan fingerprint density at radius 1 is 1.30 bits per heavy atom. The maximum atomic E-state index is 10.9. The first-order valence-corrected chi connectivity index (χ1v) is 7.52. The van der Waals surface area contributed by atoms with Crippen LogP contribution in [-0.2, 0) is 5.60 Å². The molecule has 2 N–H and O–H groups in total. The molecule has 1 aromatic carbocycles. The SMILES string of the molecule is CCNC1CCC(O)(c2ccc3cccnc3c2)CC1. The van der Waals surface area contributed by atoms with Crippen molar-refractivity contribution < 1.29 is 5.11 Å². The zero-order valence-electron chi connectivity index (χ0n) is 12.0. The maximum absolute atomic E-state index is 10.9. The van der Waals surface area contributed by atoms with Gasteiger partial charge in [0.2, 0.25) is 0 Å². The fourth-order valence-electron chi connectivity index (χ4n) is 3.23. The molecule has 0 atom stereocenters. The van der Waals surface area contributed by atoms with Crippen LogP contribution in [0.4, 0.5) is 0 Å². The summed E-state index contributed by atoms with van der Waals surface area (Å²) < 4.78 is 0. The molecule has 3 nitrogen and oxygen atoms in total. The number of aromatic nitrogens is 1. The highest BCUT2D eigenvalue weighted by Gasteiger charge is 2.34. The van der Waals surface area contributed by atoms with E-state index in [-0.39, 0.29) is 0 Å². The molecule has 1 aliphatic carbocycles. The molecule has 0 radical (unpaired) electrons. The lowest BCUT2D eigenvalue weighted by Gasteiger charge is -2.36. The van der Waals surface area contributed by atoms with E-state index >= 15 is 0 Å². The average molecular weight is 270 g/mol. The molecule has 106 valence electrons. The second kappa shape index (κ2) is 5.51. The Morgan fingerprint density at radius 3 is 2.85 bits per heavy atom. The van der Waals surface area contributed by atoms with E-state index in [0.717, 1.165) is 48.7 Å². The van der Waals surface area contributed by atoms with Crippen LogP contribution < -0.4 is 5.32 Å². The quantitative estimate of drug-likeness (QED) is 0.901. The molecule has 0 amide bonds. The number of pyridine rings is 1. The lowest BCUT2D eigenvalue weighted by atomic mass is 9.77. The average Bonchev–Trinajstić information content (AvgIpc) is 2.49. The highest BCUT2D eigenvalue weighted by molar-refractivity contribution is 5.79. The minimum Gasteiger partial charge on any atom is -0.385 e. The fraction of sp³-hybridized carbons (Fsp3) is 0.471. The molecule has 20 heavy (non-hydrogen) atoms. The van der Waals surface area contributed by atoms with Gasteiger partial charge in [-0.05, 0) is 49.9 Å². The standard InChI is InChI=1S/C17H22N2O/c1-2-18-15-7-9-17(20,10-8-15)14-6-5-13-4-3-11-19-16(13)12-14/h3-6,11-12,15,18,20H,2,7-10H2,1H3. The van der Waals surface area contributed by atoms with Crippen molar-refractivity contribution in [3.8, 4) is 0 Å². The summed E-state index contributed by atoms with van der Waals surface area (Å²) in [6.45, 7) is 3.14. The van der Waals surface area contributed by atoms with Crippen molar-refractivity contribution in [3.05, 3.63) is 42.1 Å². The molecule has 1 fully saturated rings. The zero-order valence-corrected chi connectivity index (χ0v) is 12.0. The van der Waals surface area contributed by atoms with Crippen LogP contribution in [0.1, 0.15) is 38.2 Å². The van der Waals surface area contributed by atoms with Crippen LogP contribution in [0.25, 0.3) is 10.9 Å². The van der Waals surface area contributed by atoms with Crippen LogP contribution in [0.5, 0.6) is 0 Å². The molecule has 2 aromatic rings. The Hall–Kier alpha value is -1.45. The third-order valence-electron chi connectivity index (χ3n) is 4.45. The molecular formula is C17H22N2O. The first-order valence-electron chi connectivity index (χ1n) is 7.52. The van der Waals surface area contributed by atoms with Gasteiger partial charge in [-0.25, -0.2) is 0 Å². The Labute approximate surface area is 120 Å². The van der Waals surface area contributed by atoms with Crippen LogP contribution in [0.15, 0.2) is 36.5 Å². The van der Waals surface area contributed by atoms with Gasteiger partial charge in [0, 0.05) is 17.6 Å². The Bertz CT molecular complexity index is 588. The van der Waals surface area contributed by atoms with E-state index in [1.165, 1.54) is 0 Å². The van der Waals surface area contributed by atoms with Crippen LogP contribution in [0, 0.1) is 0 Å². The lowest BCUT2D eigenvalue weighted by molar-refractivity contribution is -0.00804. The van der Waals surface area contributed by atoms with Crippen molar-refractivity contribution in [1.29, 1.82) is 0 Å². The predicted octanol–water partition coefficient (Wildman–Crippen LogP) is 2.97. The fourth-order valence-corrected chi connectivity index (χ4v) is 3.23. The highest BCUT2D eigenvalue weighted by atomic mass is 16.3. The molecule has 1 heterocycles. The third kappa shape index (κ3) is 2.56. The van der Waals surface area contributed by atoms with Gasteiger partial charge in [-0.2, -0.15) is 0 Å². The molecule has 0 unspecified atom stereocenters. The molecule has 0 bridgehead atoms. The topological polar surface area (TPSA) is 45.1 Å². The second-order valence-corrected chi connectivity index (χ2v) is 5.77. The summed E-state index contributed by atoms with van der Waals surface area (Å²) in [4.78, 5) is 4.39. The smallest absolute Gasteiger partial charge is 0.0898 e. The van der Waals surface area contributed by atoms with Crippen molar-refractivity contribution in [2.24, 2.45) is 0 Å². The molecule has 3 heteroatoms. The first-order chi connectivity index (χ1) is 9.71. The molecule has 1 aromatic heterocycles. The molecule has 1 aliphatic rings. The summed E-state index contributed by atoms with van der Waals surface area (Å²) in [5.74, 6) is 0. The van der Waals surface area contributed by atoms with Gasteiger partial charge in [0.25, 0.3) is 0 Å². The van der Waals surface area contributed by atoms with Crippen molar-refractivity contribution in [1.82, 2.24) is 10.3 Å². The van der Waals surface area contributed by atoms with Gasteiger partial charge < -0.3 is 10.4 Å². The van der Waals surface area contributed by atoms with E-state index in [2.05, 4.69) is 35.4 Å². The number of nitrogens with one attached hydrogen (secondary N) is 1. The lowest BCUT2D eigenvalue weighted by Crippen LogP contribution is -2.39. The summed E-state index contributed by atoms with van der Waals surface area (Å²) >= 11 is 0. The minimum absolute atomic E-state index is 0.554. The van der Waals surface area contributed by atoms with Crippen LogP contribution >= 0.6 is 0 Å². The summed E-state index contributed by atoms with van der Waals surface area (Å²) in [5.41, 5.74) is 1.29. The van der Waals surface area contributed by atoms with E-state index in [1.807, 2.05) is 12.1 Å². The Kier molecular flexibility index (Phi) is 3.72. The molecule has 1 saturated carbocycles. The number of aliphatic hydroxyl groups is 1. The predicted molar refractivity (Wildman–Crippen MR) is 81.6 cm³/mol. The highest BCUT2D eigenvalue weighted by Crippen LogP contribution is 2.37. The van der Waals surface area contributed by atoms with Gasteiger partial charge in [-0.3, -0.25) is 4.98 Å². The van der Waals surface area contributed by atoms with Crippen molar-refractivity contribution in [2.75, 3.05) is 6.54 Å². The number of benzene rings is 1. The number of hydrogen-bond acceptors (Lipinski definition) is 3. The molecule has 0 aliphatic heterocycles. The molecule has 0 spiro atoms. The maximum Gasteiger partial charge on any atom is 0.0898 e. The van der Waals surface area contributed by atoms with Gasteiger partial charge in [-0.15, -0.1) is 0 Å². The van der Waals surface area contributed by atoms with Crippen molar-refractivity contribution in [3.63, 3.8) is 0 Å². The monoisotopic (exact) mass is 270 g/mol. The van der Waals surface area contributed by atoms with Gasteiger partial charge in [0.05, 0.1) is 11.1 Å². The Morgan fingerprint density at radius 2 is 2.10 bits per heavy atom. The van der Waals surface area contributed by atoms with E-state index in [1.54, 1.807) is 6.20 Å². The van der Waals surface area contributed by atoms with E-state index < -0.39 is 5.60 Å². The van der Waals surface area contributed by atoms with Crippen molar-refractivity contribution >= 4 is 10.9 Å². The number of rotatable bonds is 3. The van der Waals surface area contributed by atoms with Gasteiger partial charge in [0.1, 0.15) is 0 Å². The van der Waals surface area contributed by atoms with E-state index in [4.69, 9.17) is 0 Å². The van der Waals surface area contributed by atoms with Gasteiger partial charge in [-0.1, -0.05) is 25.1 Å². The van der Waals surface area contributed by atoms with Gasteiger partial charge >= 0.3 is 0 Å². The summed E-state index contributed by atoms with van der Waals surface area (Å²) in [6, 6.07) is 10.7. The number of fused-ring (bicyclic) bond motifs is 1. The summed E-state index contributed by atoms with van der Waals surface area (Å²) in [6.07, 6.45) is 5.51. The zero-order chi connectivity index (χ0) is 14.0. The van der Waals surface area contributed by atoms with Crippen LogP contribution in [0.2, 0.25) is 0 Å². The molecule has 3 rings (SSSR count). The number of nitrogens with zero attached hydrogens (tertiary/aromatic N) is 1. The minimum atomic E-state index is -0.683. The first kappa shape index (κ1) is 13.5. The van der Waals surface area contributed by atoms with E-state index in [9.17, 15) is 5.11 Å². The second-order valence-electron chi connectivity index (χ2n) is 5.77. The third-order valence-corrected chi connectivity index (χ3v) is 4.45. The molecular weight excluding hydrogens is 248 g/mol. The molecule has 0 saturated heterocycles. The van der Waals surface area contributed by atoms with Gasteiger partial charge in [0.15, 0.2) is 0 Å². The summed E-state index contributed by atoms with van der Waals surface area (Å²) in [7, 11) is 0. The normalized spacial score (nSPS) is 26.8. The Balaban J connectivity index is 1.83.